The van der Waals surface area contributed by atoms with E-state index in [0.29, 0.717) is 18.0 Å². The molecule has 31 heavy (non-hydrogen) atoms. The summed E-state index contributed by atoms with van der Waals surface area (Å²) in [7, 11) is 0. The number of carbonyl (C=O) groups is 2. The van der Waals surface area contributed by atoms with E-state index in [1.807, 2.05) is 45.9 Å². The SMILES string of the molecule is Cc1ccc(C)c(NC(=O)COC(=O)Cc2ccc(OCc3c(C)noc3C)cc2)c1. The molecular formula is C24H26N2O5. The molecule has 7 heteroatoms. The number of aromatic nitrogens is 1. The molecule has 2 aromatic carbocycles. The predicted octanol–water partition coefficient (Wildman–Crippen LogP) is 4.21. The molecule has 1 aromatic heterocycles. The fraction of sp³-hybridized carbons (Fsp3) is 0.292. The highest BCUT2D eigenvalue weighted by Crippen LogP contribution is 2.19. The zero-order valence-corrected chi connectivity index (χ0v) is 18.2. The third-order valence-corrected chi connectivity index (χ3v) is 4.87. The van der Waals surface area contributed by atoms with E-state index in [1.165, 1.54) is 0 Å². The van der Waals surface area contributed by atoms with Gasteiger partial charge in [-0.25, -0.2) is 0 Å². The number of nitrogens with zero attached hydrogens (tertiary/aromatic N) is 1. The smallest absolute Gasteiger partial charge is 0.310 e. The average Bonchev–Trinajstić information content (AvgIpc) is 3.06. The number of amides is 1. The van der Waals surface area contributed by atoms with Gasteiger partial charge in [0.15, 0.2) is 6.61 Å². The van der Waals surface area contributed by atoms with Crippen LogP contribution in [-0.2, 0) is 27.4 Å². The van der Waals surface area contributed by atoms with Crippen LogP contribution in [0.15, 0.2) is 47.0 Å². The Morgan fingerprint density at radius 1 is 1.03 bits per heavy atom. The van der Waals surface area contributed by atoms with Crippen molar-refractivity contribution < 1.29 is 23.6 Å². The Balaban J connectivity index is 1.45. The van der Waals surface area contributed by atoms with E-state index in [4.69, 9.17) is 14.0 Å². The summed E-state index contributed by atoms with van der Waals surface area (Å²) >= 11 is 0. The minimum atomic E-state index is -0.472. The minimum Gasteiger partial charge on any atom is -0.489 e. The van der Waals surface area contributed by atoms with Crippen LogP contribution in [0.4, 0.5) is 5.69 Å². The van der Waals surface area contributed by atoms with Gasteiger partial charge in [0.1, 0.15) is 18.1 Å². The molecule has 0 bridgehead atoms. The van der Waals surface area contributed by atoms with Gasteiger partial charge < -0.3 is 19.3 Å². The number of carbonyl (C=O) groups excluding carboxylic acids is 2. The molecule has 0 aliphatic carbocycles. The number of aryl methyl sites for hydroxylation is 4. The van der Waals surface area contributed by atoms with E-state index in [1.54, 1.807) is 24.3 Å². The molecule has 0 saturated heterocycles. The average molecular weight is 422 g/mol. The number of anilines is 1. The lowest BCUT2D eigenvalue weighted by Gasteiger charge is -2.10. The van der Waals surface area contributed by atoms with Gasteiger partial charge in [0.05, 0.1) is 17.7 Å². The van der Waals surface area contributed by atoms with Gasteiger partial charge in [-0.1, -0.05) is 29.4 Å². The second kappa shape index (κ2) is 9.93. The van der Waals surface area contributed by atoms with E-state index >= 15 is 0 Å². The summed E-state index contributed by atoms with van der Waals surface area (Å²) in [5, 5.41) is 6.67. The summed E-state index contributed by atoms with van der Waals surface area (Å²) in [6, 6.07) is 12.9. The van der Waals surface area contributed by atoms with Crippen LogP contribution in [-0.4, -0.2) is 23.6 Å². The molecule has 0 aliphatic heterocycles. The van der Waals surface area contributed by atoms with Crippen molar-refractivity contribution in [1.29, 1.82) is 0 Å². The lowest BCUT2D eigenvalue weighted by molar-refractivity contribution is -0.146. The van der Waals surface area contributed by atoms with Crippen molar-refractivity contribution in [2.45, 2.75) is 40.7 Å². The van der Waals surface area contributed by atoms with E-state index in [9.17, 15) is 9.59 Å². The fourth-order valence-corrected chi connectivity index (χ4v) is 2.99. The van der Waals surface area contributed by atoms with Crippen LogP contribution >= 0.6 is 0 Å². The second-order valence-corrected chi connectivity index (χ2v) is 7.44. The Bertz CT molecular complexity index is 1050. The van der Waals surface area contributed by atoms with Gasteiger partial charge in [0, 0.05) is 5.69 Å². The monoisotopic (exact) mass is 422 g/mol. The first-order valence-electron chi connectivity index (χ1n) is 9.98. The van der Waals surface area contributed by atoms with Crippen LogP contribution < -0.4 is 10.1 Å². The van der Waals surface area contributed by atoms with Crippen molar-refractivity contribution in [2.75, 3.05) is 11.9 Å². The summed E-state index contributed by atoms with van der Waals surface area (Å²) in [6.45, 7) is 7.59. The van der Waals surface area contributed by atoms with Gasteiger partial charge in [-0.15, -0.1) is 0 Å². The van der Waals surface area contributed by atoms with Crippen molar-refractivity contribution in [2.24, 2.45) is 0 Å². The topological polar surface area (TPSA) is 90.7 Å². The lowest BCUT2D eigenvalue weighted by Crippen LogP contribution is -2.22. The molecule has 1 N–H and O–H groups in total. The van der Waals surface area contributed by atoms with Crippen molar-refractivity contribution in [3.05, 3.63) is 76.2 Å². The molecule has 1 heterocycles. The zero-order valence-electron chi connectivity index (χ0n) is 18.2. The summed E-state index contributed by atoms with van der Waals surface area (Å²) in [4.78, 5) is 24.2. The largest absolute Gasteiger partial charge is 0.489 e. The molecule has 0 aliphatic rings. The van der Waals surface area contributed by atoms with Crippen molar-refractivity contribution >= 4 is 17.6 Å². The number of nitrogens with one attached hydrogen (secondary N) is 1. The number of rotatable bonds is 8. The third kappa shape index (κ3) is 6.18. The Labute approximate surface area is 181 Å². The molecule has 1 amide bonds. The second-order valence-electron chi connectivity index (χ2n) is 7.44. The molecular weight excluding hydrogens is 396 g/mol. The molecule has 0 fully saturated rings. The molecule has 0 spiro atoms. The Morgan fingerprint density at radius 2 is 1.77 bits per heavy atom. The number of esters is 1. The normalized spacial score (nSPS) is 10.6. The van der Waals surface area contributed by atoms with E-state index in [-0.39, 0.29) is 18.9 Å². The Morgan fingerprint density at radius 3 is 2.45 bits per heavy atom. The van der Waals surface area contributed by atoms with Gasteiger partial charge in [0.25, 0.3) is 5.91 Å². The minimum absolute atomic E-state index is 0.0703. The van der Waals surface area contributed by atoms with Crippen LogP contribution in [0, 0.1) is 27.7 Å². The molecule has 3 rings (SSSR count). The summed E-state index contributed by atoms with van der Waals surface area (Å²) in [5.41, 5.74) is 5.20. The van der Waals surface area contributed by atoms with Gasteiger partial charge in [0.2, 0.25) is 0 Å². The van der Waals surface area contributed by atoms with Gasteiger partial charge in [-0.05, 0) is 62.6 Å². The van der Waals surface area contributed by atoms with E-state index in [2.05, 4.69) is 10.5 Å². The Hall–Kier alpha value is -3.61. The van der Waals surface area contributed by atoms with Gasteiger partial charge in [-0.2, -0.15) is 0 Å². The molecule has 0 saturated carbocycles. The first-order valence-corrected chi connectivity index (χ1v) is 9.98. The number of benzene rings is 2. The van der Waals surface area contributed by atoms with Crippen LogP contribution in [0.25, 0.3) is 0 Å². The molecule has 7 nitrogen and oxygen atoms in total. The van der Waals surface area contributed by atoms with Crippen LogP contribution in [0.5, 0.6) is 5.75 Å². The lowest BCUT2D eigenvalue weighted by atomic mass is 10.1. The van der Waals surface area contributed by atoms with Crippen LogP contribution in [0.3, 0.4) is 0 Å². The summed E-state index contributed by atoms with van der Waals surface area (Å²) in [6.07, 6.45) is 0.0703. The van der Waals surface area contributed by atoms with Crippen molar-refractivity contribution in [3.63, 3.8) is 0 Å². The molecule has 0 radical (unpaired) electrons. The highest BCUT2D eigenvalue weighted by atomic mass is 16.5. The van der Waals surface area contributed by atoms with E-state index < -0.39 is 5.97 Å². The van der Waals surface area contributed by atoms with Crippen LogP contribution in [0.2, 0.25) is 0 Å². The highest BCUT2D eigenvalue weighted by Gasteiger charge is 2.12. The zero-order chi connectivity index (χ0) is 22.4. The quantitative estimate of drug-likeness (QED) is 0.547. The summed E-state index contributed by atoms with van der Waals surface area (Å²) < 4.78 is 16.0. The number of hydrogen-bond acceptors (Lipinski definition) is 6. The first-order chi connectivity index (χ1) is 14.8. The molecule has 3 aromatic rings. The number of ether oxygens (including phenoxy) is 2. The maximum absolute atomic E-state index is 12.1. The van der Waals surface area contributed by atoms with Crippen molar-refractivity contribution in [1.82, 2.24) is 5.16 Å². The van der Waals surface area contributed by atoms with Gasteiger partial charge >= 0.3 is 5.97 Å². The molecule has 162 valence electrons. The highest BCUT2D eigenvalue weighted by molar-refractivity contribution is 5.93. The van der Waals surface area contributed by atoms with Crippen LogP contribution in [0.1, 0.15) is 33.7 Å². The van der Waals surface area contributed by atoms with E-state index in [0.717, 1.165) is 33.7 Å². The third-order valence-electron chi connectivity index (χ3n) is 4.87. The standard InChI is InChI=1S/C24H26N2O5/c1-15-5-6-16(2)22(11-15)25-23(27)14-30-24(28)12-19-7-9-20(10-8-19)29-13-21-17(3)26-31-18(21)4/h5-11H,12-14H2,1-4H3,(H,25,27). The first kappa shape index (κ1) is 22.1. The molecule has 0 atom stereocenters. The maximum Gasteiger partial charge on any atom is 0.310 e. The Kier molecular flexibility index (Phi) is 7.07. The predicted molar refractivity (Wildman–Crippen MR) is 116 cm³/mol. The fourth-order valence-electron chi connectivity index (χ4n) is 2.99. The van der Waals surface area contributed by atoms with Gasteiger partial charge in [-0.3, -0.25) is 9.59 Å². The molecule has 0 unspecified atom stereocenters. The maximum atomic E-state index is 12.1. The van der Waals surface area contributed by atoms with Crippen molar-refractivity contribution in [3.8, 4) is 5.75 Å². The summed E-state index contributed by atoms with van der Waals surface area (Å²) in [5.74, 6) is 0.564. The number of hydrogen-bond donors (Lipinski definition) is 1.